The highest BCUT2D eigenvalue weighted by atomic mass is 79.9. The number of hydrogen-bond donors (Lipinski definition) is 1. The van der Waals surface area contributed by atoms with Crippen LogP contribution in [0, 0.1) is 5.41 Å². The molecule has 0 amide bonds. The van der Waals surface area contributed by atoms with Crippen LogP contribution in [0.2, 0.25) is 0 Å². The third-order valence-electron chi connectivity index (χ3n) is 2.46. The number of hydrogen-bond acceptors (Lipinski definition) is 2. The van der Waals surface area contributed by atoms with E-state index in [0.717, 1.165) is 25.0 Å². The summed E-state index contributed by atoms with van der Waals surface area (Å²) in [4.78, 5) is 0. The molecule has 2 aliphatic heterocycles. The first-order chi connectivity index (χ1) is 4.85. The predicted octanol–water partition coefficient (Wildman–Crippen LogP) is 0.760. The first kappa shape index (κ1) is 7.07. The summed E-state index contributed by atoms with van der Waals surface area (Å²) in [5.41, 5.74) is 0.526. The molecule has 0 aromatic rings. The van der Waals surface area contributed by atoms with E-state index < -0.39 is 0 Å². The van der Waals surface area contributed by atoms with E-state index in [4.69, 9.17) is 4.74 Å². The molecule has 2 saturated heterocycles. The highest BCUT2D eigenvalue weighted by Gasteiger charge is 2.44. The molecule has 10 heavy (non-hydrogen) atoms. The lowest BCUT2D eigenvalue weighted by atomic mass is 9.80. The molecular formula is C7H12BrNO. The van der Waals surface area contributed by atoms with Crippen LogP contribution in [0.1, 0.15) is 6.42 Å². The molecule has 0 bridgehead atoms. The fourth-order valence-electron chi connectivity index (χ4n) is 1.72. The molecule has 0 aromatic heterocycles. The minimum absolute atomic E-state index is 0.474. The summed E-state index contributed by atoms with van der Waals surface area (Å²) in [5, 5.41) is 4.29. The fourth-order valence-corrected chi connectivity index (χ4v) is 2.14. The Morgan fingerprint density at radius 1 is 1.60 bits per heavy atom. The van der Waals surface area contributed by atoms with Crippen molar-refractivity contribution in [3.63, 3.8) is 0 Å². The lowest BCUT2D eigenvalue weighted by molar-refractivity contribution is 0.0888. The van der Waals surface area contributed by atoms with Gasteiger partial charge in [-0.05, 0) is 6.42 Å². The summed E-state index contributed by atoms with van der Waals surface area (Å²) in [6, 6.07) is 0. The van der Waals surface area contributed by atoms with Gasteiger partial charge >= 0.3 is 0 Å². The number of rotatable bonds is 1. The van der Waals surface area contributed by atoms with Gasteiger partial charge in [-0.25, -0.2) is 0 Å². The molecule has 58 valence electrons. The average molecular weight is 206 g/mol. The van der Waals surface area contributed by atoms with E-state index in [0.29, 0.717) is 11.5 Å². The highest BCUT2D eigenvalue weighted by molar-refractivity contribution is 9.09. The molecule has 1 N–H and O–H groups in total. The quantitative estimate of drug-likeness (QED) is 0.639. The number of nitrogens with one attached hydrogen (secondary N) is 1. The maximum atomic E-state index is 5.57. The third-order valence-corrected chi connectivity index (χ3v) is 3.18. The van der Waals surface area contributed by atoms with Crippen molar-refractivity contribution in [1.29, 1.82) is 0 Å². The van der Waals surface area contributed by atoms with Crippen LogP contribution in [0.4, 0.5) is 0 Å². The zero-order valence-electron chi connectivity index (χ0n) is 5.90. The molecule has 0 radical (unpaired) electrons. The van der Waals surface area contributed by atoms with Crippen LogP contribution >= 0.6 is 15.9 Å². The zero-order chi connectivity index (χ0) is 7.03. The summed E-state index contributed by atoms with van der Waals surface area (Å²) in [5.74, 6) is 0. The van der Waals surface area contributed by atoms with Crippen molar-refractivity contribution in [2.45, 2.75) is 12.5 Å². The number of ether oxygens (including phenoxy) is 1. The summed E-state index contributed by atoms with van der Waals surface area (Å²) >= 11 is 3.44. The molecule has 1 atom stereocenters. The Bertz CT molecular complexity index is 136. The van der Waals surface area contributed by atoms with Crippen LogP contribution in [-0.2, 0) is 4.74 Å². The number of alkyl halides is 1. The van der Waals surface area contributed by atoms with E-state index in [9.17, 15) is 0 Å². The molecule has 0 saturated carbocycles. The fraction of sp³-hybridized carbons (Fsp3) is 1.00. The second-order valence-corrected chi connectivity index (χ2v) is 4.04. The Kier molecular flexibility index (Phi) is 1.74. The molecule has 2 rings (SSSR count). The van der Waals surface area contributed by atoms with Crippen LogP contribution in [0.3, 0.4) is 0 Å². The molecule has 0 aliphatic carbocycles. The van der Waals surface area contributed by atoms with Gasteiger partial charge in [0.2, 0.25) is 0 Å². The first-order valence-electron chi connectivity index (χ1n) is 3.73. The zero-order valence-corrected chi connectivity index (χ0v) is 7.49. The molecule has 2 nitrogen and oxygen atoms in total. The van der Waals surface area contributed by atoms with Crippen molar-refractivity contribution in [1.82, 2.24) is 5.32 Å². The van der Waals surface area contributed by atoms with E-state index in [1.165, 1.54) is 6.42 Å². The van der Waals surface area contributed by atoms with Crippen molar-refractivity contribution < 1.29 is 4.74 Å². The molecule has 1 spiro atoms. The third kappa shape index (κ3) is 1.00. The van der Waals surface area contributed by atoms with Crippen LogP contribution in [0.5, 0.6) is 0 Å². The summed E-state index contributed by atoms with van der Waals surface area (Å²) < 4.78 is 5.57. The van der Waals surface area contributed by atoms with Gasteiger partial charge in [0.1, 0.15) is 0 Å². The van der Waals surface area contributed by atoms with Gasteiger partial charge in [-0.15, -0.1) is 0 Å². The predicted molar refractivity (Wildman–Crippen MR) is 43.5 cm³/mol. The second kappa shape index (κ2) is 2.47. The Hall–Kier alpha value is 0.400. The van der Waals surface area contributed by atoms with Gasteiger partial charge in [0.25, 0.3) is 0 Å². The minimum Gasteiger partial charge on any atom is -0.377 e. The van der Waals surface area contributed by atoms with Crippen LogP contribution < -0.4 is 5.32 Å². The van der Waals surface area contributed by atoms with E-state index >= 15 is 0 Å². The minimum atomic E-state index is 0.474. The Morgan fingerprint density at radius 3 is 2.70 bits per heavy atom. The Balaban J connectivity index is 1.92. The number of halogens is 1. The van der Waals surface area contributed by atoms with Crippen molar-refractivity contribution >= 4 is 15.9 Å². The lowest BCUT2D eigenvalue weighted by Crippen LogP contribution is -2.53. The van der Waals surface area contributed by atoms with Gasteiger partial charge in [-0.1, -0.05) is 15.9 Å². The molecule has 2 heterocycles. The summed E-state index contributed by atoms with van der Waals surface area (Å²) in [6.45, 7) is 3.29. The summed E-state index contributed by atoms with van der Waals surface area (Å²) in [7, 11) is 0. The second-order valence-electron chi connectivity index (χ2n) is 3.39. The highest BCUT2D eigenvalue weighted by Crippen LogP contribution is 2.36. The van der Waals surface area contributed by atoms with Crippen LogP contribution in [0.15, 0.2) is 0 Å². The topological polar surface area (TPSA) is 21.3 Å². The molecular weight excluding hydrogens is 194 g/mol. The van der Waals surface area contributed by atoms with E-state index in [1.807, 2.05) is 0 Å². The van der Waals surface area contributed by atoms with Gasteiger partial charge in [0, 0.05) is 23.8 Å². The SMILES string of the molecule is BrC[C@@H]1CC2(CNC2)CO1. The standard InChI is InChI=1S/C7H12BrNO/c8-2-6-1-7(5-10-6)3-9-4-7/h6,9H,1-5H2/t6-/m0/s1. The van der Waals surface area contributed by atoms with Crippen LogP contribution in [0.25, 0.3) is 0 Å². The molecule has 3 heteroatoms. The maximum absolute atomic E-state index is 5.57. The molecule has 2 fully saturated rings. The molecule has 0 unspecified atom stereocenters. The molecule has 2 aliphatic rings. The van der Waals surface area contributed by atoms with Gasteiger partial charge in [0.15, 0.2) is 0 Å². The van der Waals surface area contributed by atoms with Gasteiger partial charge < -0.3 is 10.1 Å². The van der Waals surface area contributed by atoms with Crippen molar-refractivity contribution in [3.05, 3.63) is 0 Å². The largest absolute Gasteiger partial charge is 0.377 e. The first-order valence-corrected chi connectivity index (χ1v) is 4.85. The van der Waals surface area contributed by atoms with Gasteiger partial charge in [-0.3, -0.25) is 0 Å². The van der Waals surface area contributed by atoms with E-state index in [1.54, 1.807) is 0 Å². The molecule has 0 aromatic carbocycles. The van der Waals surface area contributed by atoms with Crippen molar-refractivity contribution in [3.8, 4) is 0 Å². The van der Waals surface area contributed by atoms with E-state index in [2.05, 4.69) is 21.2 Å². The van der Waals surface area contributed by atoms with Gasteiger partial charge in [-0.2, -0.15) is 0 Å². The maximum Gasteiger partial charge on any atom is 0.0679 e. The average Bonchev–Trinajstić information content (AvgIpc) is 2.29. The van der Waals surface area contributed by atoms with Crippen molar-refractivity contribution in [2.24, 2.45) is 5.41 Å². The lowest BCUT2D eigenvalue weighted by Gasteiger charge is -2.37. The Morgan fingerprint density at radius 2 is 2.40 bits per heavy atom. The Labute approximate surface area is 69.4 Å². The van der Waals surface area contributed by atoms with Crippen LogP contribution in [-0.4, -0.2) is 31.1 Å². The monoisotopic (exact) mass is 205 g/mol. The summed E-state index contributed by atoms with van der Waals surface area (Å²) in [6.07, 6.45) is 1.72. The normalized spacial score (nSPS) is 36.3. The van der Waals surface area contributed by atoms with Crippen molar-refractivity contribution in [2.75, 3.05) is 25.0 Å². The smallest absolute Gasteiger partial charge is 0.0679 e. The van der Waals surface area contributed by atoms with E-state index in [-0.39, 0.29) is 0 Å². The van der Waals surface area contributed by atoms with Gasteiger partial charge in [0.05, 0.1) is 12.7 Å².